The number of aromatic nitrogens is 1. The molecule has 0 aliphatic carbocycles. The Hall–Kier alpha value is -0.610. The van der Waals surface area contributed by atoms with Crippen LogP contribution in [0.15, 0.2) is 22.8 Å². The third-order valence-corrected chi connectivity index (χ3v) is 2.05. The summed E-state index contributed by atoms with van der Waals surface area (Å²) < 4.78 is 11.7. The third-order valence-electron chi connectivity index (χ3n) is 1.58. The first-order valence-corrected chi connectivity index (χ1v) is 5.37. The third kappa shape index (κ3) is 4.07. The van der Waals surface area contributed by atoms with E-state index in [4.69, 9.17) is 9.47 Å². The summed E-state index contributed by atoms with van der Waals surface area (Å²) in [6.45, 7) is 5.22. The van der Waals surface area contributed by atoms with Gasteiger partial charge < -0.3 is 9.47 Å². The number of rotatable bonds is 5. The average Bonchev–Trinajstić information content (AvgIpc) is 2.18. The largest absolute Gasteiger partial charge is 0.472 e. The molecular weight excluding hydrogens is 246 g/mol. The van der Waals surface area contributed by atoms with Crippen LogP contribution < -0.4 is 4.74 Å². The molecule has 0 N–H and O–H groups in total. The van der Waals surface area contributed by atoms with E-state index in [0.717, 1.165) is 4.47 Å². The summed E-state index contributed by atoms with van der Waals surface area (Å²) in [4.78, 5) is 4.10. The fourth-order valence-corrected chi connectivity index (χ4v) is 1.19. The van der Waals surface area contributed by atoms with E-state index in [9.17, 15) is 0 Å². The second-order valence-electron chi connectivity index (χ2n) is 2.90. The number of ether oxygens (including phenoxy) is 2. The Labute approximate surface area is 92.6 Å². The Balaban J connectivity index is 2.39. The van der Waals surface area contributed by atoms with Gasteiger partial charge in [0.25, 0.3) is 0 Å². The van der Waals surface area contributed by atoms with E-state index in [1.807, 2.05) is 26.0 Å². The fourth-order valence-electron chi connectivity index (χ4n) is 0.956. The van der Waals surface area contributed by atoms with Gasteiger partial charge in [-0.05, 0) is 35.8 Å². The van der Waals surface area contributed by atoms with Crippen LogP contribution in [0.1, 0.15) is 13.8 Å². The molecule has 0 saturated heterocycles. The molecule has 0 saturated carbocycles. The molecule has 4 heteroatoms. The molecule has 1 rings (SSSR count). The summed E-state index contributed by atoms with van der Waals surface area (Å²) in [6, 6.07) is 3.72. The molecule has 0 bridgehead atoms. The van der Waals surface area contributed by atoms with Gasteiger partial charge in [0.2, 0.25) is 5.88 Å². The molecule has 0 aromatic carbocycles. The van der Waals surface area contributed by atoms with E-state index in [0.29, 0.717) is 19.1 Å². The molecule has 78 valence electrons. The lowest BCUT2D eigenvalue weighted by Crippen LogP contribution is -2.19. The minimum Gasteiger partial charge on any atom is -0.472 e. The Kier molecular flexibility index (Phi) is 4.90. The standard InChI is InChI=1S/C10H14BrNO2/c1-3-13-7-8(2)14-10-5-4-9(11)6-12-10/h4-6,8H,3,7H2,1-2H3. The monoisotopic (exact) mass is 259 g/mol. The average molecular weight is 260 g/mol. The summed E-state index contributed by atoms with van der Waals surface area (Å²) in [6.07, 6.45) is 1.74. The molecule has 3 nitrogen and oxygen atoms in total. The molecule has 0 aliphatic rings. The second-order valence-corrected chi connectivity index (χ2v) is 3.82. The zero-order valence-electron chi connectivity index (χ0n) is 8.37. The van der Waals surface area contributed by atoms with Crippen LogP contribution in [0.2, 0.25) is 0 Å². The van der Waals surface area contributed by atoms with Crippen molar-refractivity contribution in [2.45, 2.75) is 20.0 Å². The van der Waals surface area contributed by atoms with E-state index in [1.54, 1.807) is 6.20 Å². The van der Waals surface area contributed by atoms with Crippen molar-refractivity contribution in [3.8, 4) is 5.88 Å². The van der Waals surface area contributed by atoms with Gasteiger partial charge in [-0.3, -0.25) is 0 Å². The van der Waals surface area contributed by atoms with Gasteiger partial charge in [0, 0.05) is 23.3 Å². The highest BCUT2D eigenvalue weighted by molar-refractivity contribution is 9.10. The van der Waals surface area contributed by atoms with Gasteiger partial charge in [-0.15, -0.1) is 0 Å². The number of hydrogen-bond donors (Lipinski definition) is 0. The van der Waals surface area contributed by atoms with Crippen LogP contribution in [-0.2, 0) is 4.74 Å². The number of halogens is 1. The van der Waals surface area contributed by atoms with Crippen LogP contribution in [-0.4, -0.2) is 24.3 Å². The first-order chi connectivity index (χ1) is 6.72. The maximum atomic E-state index is 5.51. The van der Waals surface area contributed by atoms with E-state index < -0.39 is 0 Å². The van der Waals surface area contributed by atoms with Crippen molar-refractivity contribution in [1.29, 1.82) is 0 Å². The summed E-state index contributed by atoms with van der Waals surface area (Å²) in [5.74, 6) is 0.625. The fraction of sp³-hybridized carbons (Fsp3) is 0.500. The Morgan fingerprint density at radius 3 is 2.86 bits per heavy atom. The SMILES string of the molecule is CCOCC(C)Oc1ccc(Br)cn1. The van der Waals surface area contributed by atoms with Crippen molar-refractivity contribution in [3.63, 3.8) is 0 Å². The maximum Gasteiger partial charge on any atom is 0.213 e. The molecule has 1 aromatic heterocycles. The smallest absolute Gasteiger partial charge is 0.213 e. The van der Waals surface area contributed by atoms with Crippen LogP contribution in [0.3, 0.4) is 0 Å². The Bertz CT molecular complexity index is 263. The first kappa shape index (κ1) is 11.5. The lowest BCUT2D eigenvalue weighted by Gasteiger charge is -2.13. The van der Waals surface area contributed by atoms with E-state index >= 15 is 0 Å². The number of nitrogens with zero attached hydrogens (tertiary/aromatic N) is 1. The van der Waals surface area contributed by atoms with Crippen molar-refractivity contribution in [2.75, 3.05) is 13.2 Å². The molecule has 0 radical (unpaired) electrons. The number of pyridine rings is 1. The topological polar surface area (TPSA) is 31.4 Å². The molecule has 0 fully saturated rings. The lowest BCUT2D eigenvalue weighted by molar-refractivity contribution is 0.0633. The van der Waals surface area contributed by atoms with Gasteiger partial charge in [0.15, 0.2) is 0 Å². The molecule has 14 heavy (non-hydrogen) atoms. The van der Waals surface area contributed by atoms with Crippen molar-refractivity contribution in [3.05, 3.63) is 22.8 Å². The summed E-state index contributed by atoms with van der Waals surface area (Å²) in [5, 5.41) is 0. The highest BCUT2D eigenvalue weighted by Crippen LogP contribution is 2.13. The Morgan fingerprint density at radius 1 is 1.50 bits per heavy atom. The van der Waals surface area contributed by atoms with E-state index in [2.05, 4.69) is 20.9 Å². The van der Waals surface area contributed by atoms with Crippen molar-refractivity contribution >= 4 is 15.9 Å². The molecule has 1 atom stereocenters. The molecule has 1 unspecified atom stereocenters. The molecule has 0 amide bonds. The molecule has 1 aromatic rings. The maximum absolute atomic E-state index is 5.51. The molecule has 0 spiro atoms. The summed E-state index contributed by atoms with van der Waals surface area (Å²) in [5.41, 5.74) is 0. The summed E-state index contributed by atoms with van der Waals surface area (Å²) in [7, 11) is 0. The van der Waals surface area contributed by atoms with Gasteiger partial charge in [-0.1, -0.05) is 0 Å². The Morgan fingerprint density at radius 2 is 2.29 bits per heavy atom. The van der Waals surface area contributed by atoms with Gasteiger partial charge >= 0.3 is 0 Å². The molecule has 1 heterocycles. The van der Waals surface area contributed by atoms with Crippen molar-refractivity contribution in [2.24, 2.45) is 0 Å². The van der Waals surface area contributed by atoms with Crippen LogP contribution in [0.5, 0.6) is 5.88 Å². The highest BCUT2D eigenvalue weighted by atomic mass is 79.9. The molecular formula is C10H14BrNO2. The second kappa shape index (κ2) is 5.98. The highest BCUT2D eigenvalue weighted by Gasteiger charge is 2.04. The predicted molar refractivity (Wildman–Crippen MR) is 58.5 cm³/mol. The van der Waals surface area contributed by atoms with Crippen LogP contribution >= 0.6 is 15.9 Å². The van der Waals surface area contributed by atoms with E-state index in [1.165, 1.54) is 0 Å². The lowest BCUT2D eigenvalue weighted by atomic mass is 10.4. The van der Waals surface area contributed by atoms with Crippen LogP contribution in [0.4, 0.5) is 0 Å². The zero-order chi connectivity index (χ0) is 10.4. The van der Waals surface area contributed by atoms with Gasteiger partial charge in [0.1, 0.15) is 6.10 Å². The van der Waals surface area contributed by atoms with Gasteiger partial charge in [0.05, 0.1) is 6.61 Å². The van der Waals surface area contributed by atoms with E-state index in [-0.39, 0.29) is 6.10 Å². The van der Waals surface area contributed by atoms with Crippen molar-refractivity contribution in [1.82, 2.24) is 4.98 Å². The quantitative estimate of drug-likeness (QED) is 0.815. The minimum absolute atomic E-state index is 0.0311. The van der Waals surface area contributed by atoms with Crippen LogP contribution in [0.25, 0.3) is 0 Å². The minimum atomic E-state index is 0.0311. The first-order valence-electron chi connectivity index (χ1n) is 4.58. The molecule has 0 aliphatic heterocycles. The number of hydrogen-bond acceptors (Lipinski definition) is 3. The van der Waals surface area contributed by atoms with Gasteiger partial charge in [-0.2, -0.15) is 0 Å². The zero-order valence-corrected chi connectivity index (χ0v) is 9.95. The normalized spacial score (nSPS) is 12.5. The van der Waals surface area contributed by atoms with Crippen molar-refractivity contribution < 1.29 is 9.47 Å². The van der Waals surface area contributed by atoms with Gasteiger partial charge in [-0.25, -0.2) is 4.98 Å². The summed E-state index contributed by atoms with van der Waals surface area (Å²) >= 11 is 3.31. The van der Waals surface area contributed by atoms with Crippen LogP contribution in [0, 0.1) is 0 Å². The predicted octanol–water partition coefficient (Wildman–Crippen LogP) is 2.65.